The van der Waals surface area contributed by atoms with E-state index in [1.807, 2.05) is 18.2 Å². The number of hydrogen-bond acceptors (Lipinski definition) is 4. The molecule has 0 atom stereocenters. The Morgan fingerprint density at radius 1 is 0.340 bits per heavy atom. The van der Waals surface area contributed by atoms with Gasteiger partial charge in [-0.3, -0.25) is 0 Å². The second-order valence-corrected chi connectivity index (χ2v) is 13.6. The number of hydrogen-bond donors (Lipinski definition) is 0. The number of furan rings is 2. The zero-order valence-electron chi connectivity index (χ0n) is 28.5. The van der Waals surface area contributed by atoms with Gasteiger partial charge in [0, 0.05) is 50.2 Å². The van der Waals surface area contributed by atoms with Crippen LogP contribution >= 0.6 is 0 Å². The smallest absolute Gasteiger partial charge is 0.227 e. The van der Waals surface area contributed by atoms with Gasteiger partial charge in [-0.2, -0.15) is 0 Å². The maximum Gasteiger partial charge on any atom is 0.227 e. The zero-order chi connectivity index (χ0) is 34.9. The first kappa shape index (κ1) is 29.5. The predicted molar refractivity (Wildman–Crippen MR) is 219 cm³/mol. The molecule has 11 rings (SSSR count). The highest BCUT2D eigenvalue weighted by atomic mass is 16.3. The minimum atomic E-state index is 0.646. The van der Waals surface area contributed by atoms with Crippen molar-refractivity contribution in [2.75, 3.05) is 4.90 Å². The largest absolute Gasteiger partial charge is 0.456 e. The molecular weight excluding hydrogens is 649 g/mol. The van der Waals surface area contributed by atoms with Crippen LogP contribution in [0.5, 0.6) is 0 Å². The fourth-order valence-corrected chi connectivity index (χ4v) is 7.76. The van der Waals surface area contributed by atoms with Gasteiger partial charge >= 0.3 is 0 Å². The molecule has 3 aromatic heterocycles. The van der Waals surface area contributed by atoms with Crippen LogP contribution in [0.15, 0.2) is 191 Å². The lowest BCUT2D eigenvalue weighted by atomic mass is 10.0. The molecule has 0 N–H and O–H groups in total. The van der Waals surface area contributed by atoms with Gasteiger partial charge in [-0.1, -0.05) is 103 Å². The number of aromatic nitrogens is 1. The van der Waals surface area contributed by atoms with E-state index in [-0.39, 0.29) is 0 Å². The van der Waals surface area contributed by atoms with Crippen molar-refractivity contribution in [3.05, 3.63) is 182 Å². The lowest BCUT2D eigenvalue weighted by Crippen LogP contribution is -2.09. The quantitative estimate of drug-likeness (QED) is 0.182. The Bertz CT molecular complexity index is 3170. The van der Waals surface area contributed by atoms with E-state index in [1.165, 1.54) is 32.7 Å². The fourth-order valence-electron chi connectivity index (χ4n) is 7.76. The molecule has 0 aliphatic rings. The molecule has 248 valence electrons. The van der Waals surface area contributed by atoms with Crippen LogP contribution in [-0.2, 0) is 0 Å². The van der Waals surface area contributed by atoms with E-state index in [0.717, 1.165) is 66.6 Å². The van der Waals surface area contributed by atoms with E-state index in [2.05, 4.69) is 169 Å². The van der Waals surface area contributed by atoms with Gasteiger partial charge in [-0.15, -0.1) is 0 Å². The van der Waals surface area contributed by atoms with Gasteiger partial charge in [0.1, 0.15) is 16.7 Å². The van der Waals surface area contributed by atoms with Crippen LogP contribution in [0.3, 0.4) is 0 Å². The lowest BCUT2D eigenvalue weighted by molar-refractivity contribution is 0.654. The average molecular weight is 679 g/mol. The lowest BCUT2D eigenvalue weighted by Gasteiger charge is -2.26. The molecule has 11 aromatic rings. The molecule has 0 aliphatic heterocycles. The third-order valence-corrected chi connectivity index (χ3v) is 10.5. The third-order valence-electron chi connectivity index (χ3n) is 10.5. The number of anilines is 3. The van der Waals surface area contributed by atoms with Gasteiger partial charge in [0.15, 0.2) is 0 Å². The van der Waals surface area contributed by atoms with Gasteiger partial charge in [-0.25, -0.2) is 4.98 Å². The van der Waals surface area contributed by atoms with Crippen LogP contribution in [0.4, 0.5) is 17.1 Å². The summed E-state index contributed by atoms with van der Waals surface area (Å²) in [5.41, 5.74) is 10.6. The Hall–Kier alpha value is -7.17. The van der Waals surface area contributed by atoms with Gasteiger partial charge in [-0.05, 0) is 105 Å². The van der Waals surface area contributed by atoms with E-state index in [0.29, 0.717) is 5.71 Å². The molecule has 0 aliphatic carbocycles. The predicted octanol–water partition coefficient (Wildman–Crippen LogP) is 14.0. The van der Waals surface area contributed by atoms with E-state index in [4.69, 9.17) is 13.8 Å². The minimum Gasteiger partial charge on any atom is -0.456 e. The monoisotopic (exact) mass is 678 g/mol. The van der Waals surface area contributed by atoms with Crippen molar-refractivity contribution in [3.8, 4) is 22.4 Å². The van der Waals surface area contributed by atoms with Gasteiger partial charge in [0.2, 0.25) is 5.71 Å². The summed E-state index contributed by atoms with van der Waals surface area (Å²) in [6.07, 6.45) is 0. The Morgan fingerprint density at radius 2 is 0.925 bits per heavy atom. The summed E-state index contributed by atoms with van der Waals surface area (Å²) >= 11 is 0. The Kier molecular flexibility index (Phi) is 6.52. The van der Waals surface area contributed by atoms with Gasteiger partial charge in [0.05, 0.1) is 5.69 Å². The van der Waals surface area contributed by atoms with Crippen molar-refractivity contribution in [1.29, 1.82) is 0 Å². The molecule has 0 radical (unpaired) electrons. The van der Waals surface area contributed by atoms with Crippen LogP contribution in [0.25, 0.3) is 87.9 Å². The van der Waals surface area contributed by atoms with Crippen LogP contribution in [-0.4, -0.2) is 4.98 Å². The van der Waals surface area contributed by atoms with E-state index >= 15 is 0 Å². The van der Waals surface area contributed by atoms with Crippen molar-refractivity contribution in [2.45, 2.75) is 0 Å². The van der Waals surface area contributed by atoms with Crippen molar-refractivity contribution in [3.63, 3.8) is 0 Å². The van der Waals surface area contributed by atoms with Crippen LogP contribution in [0, 0.1) is 0 Å². The molecule has 0 amide bonds. The summed E-state index contributed by atoms with van der Waals surface area (Å²) < 4.78 is 12.6. The SMILES string of the molecule is c1ccc2cc(-c3ccc(N(c4ccc(-c5ccc6c(n5)oc5ccccc56)cc4)c4ccc5c(c4)oc4cc6ccccc6cc45)cc3)ccc2c1. The highest BCUT2D eigenvalue weighted by molar-refractivity contribution is 6.11. The van der Waals surface area contributed by atoms with Crippen molar-refractivity contribution in [1.82, 2.24) is 4.98 Å². The summed E-state index contributed by atoms with van der Waals surface area (Å²) in [5, 5.41) is 9.16. The number of fused-ring (bicyclic) bond motifs is 8. The molecule has 53 heavy (non-hydrogen) atoms. The molecule has 4 heteroatoms. The first-order valence-corrected chi connectivity index (χ1v) is 17.9. The number of pyridine rings is 1. The molecule has 0 fully saturated rings. The van der Waals surface area contributed by atoms with Crippen molar-refractivity contribution >= 4 is 82.6 Å². The number of rotatable bonds is 5. The molecule has 0 saturated heterocycles. The molecule has 0 bridgehead atoms. The molecule has 0 saturated carbocycles. The maximum atomic E-state index is 6.53. The average Bonchev–Trinajstić information content (AvgIpc) is 3.77. The highest BCUT2D eigenvalue weighted by Crippen LogP contribution is 2.41. The summed E-state index contributed by atoms with van der Waals surface area (Å²) in [6, 6.07) is 64.1. The topological polar surface area (TPSA) is 42.4 Å². The molecule has 4 nitrogen and oxygen atoms in total. The number of nitrogens with zero attached hydrogens (tertiary/aromatic N) is 2. The van der Waals surface area contributed by atoms with Crippen LogP contribution in [0.1, 0.15) is 0 Å². The van der Waals surface area contributed by atoms with Crippen molar-refractivity contribution < 1.29 is 8.83 Å². The highest BCUT2D eigenvalue weighted by Gasteiger charge is 2.17. The summed E-state index contributed by atoms with van der Waals surface area (Å²) in [6.45, 7) is 0. The Labute approximate surface area is 304 Å². The number of benzene rings is 8. The summed E-state index contributed by atoms with van der Waals surface area (Å²) in [7, 11) is 0. The zero-order valence-corrected chi connectivity index (χ0v) is 28.5. The number of para-hydroxylation sites is 1. The maximum absolute atomic E-state index is 6.53. The second kappa shape index (κ2) is 11.7. The van der Waals surface area contributed by atoms with E-state index in [1.54, 1.807) is 0 Å². The first-order chi connectivity index (χ1) is 26.2. The fraction of sp³-hybridized carbons (Fsp3) is 0. The second-order valence-electron chi connectivity index (χ2n) is 13.6. The molecular formula is C49H30N2O2. The normalized spacial score (nSPS) is 11.8. The summed E-state index contributed by atoms with van der Waals surface area (Å²) in [4.78, 5) is 7.20. The van der Waals surface area contributed by atoms with Gasteiger partial charge in [0.25, 0.3) is 0 Å². The van der Waals surface area contributed by atoms with Gasteiger partial charge < -0.3 is 13.7 Å². The first-order valence-electron chi connectivity index (χ1n) is 17.9. The van der Waals surface area contributed by atoms with E-state index < -0.39 is 0 Å². The molecule has 8 aromatic carbocycles. The molecule has 0 spiro atoms. The standard InChI is InChI=1S/C49H30N2O2/c1-2-8-34-27-37(14-13-31(34)7-1)32-15-19-38(20-16-32)51(40-23-24-42-44-28-35-9-3-4-10-36(35)29-47(44)52-48(42)30-40)39-21-17-33(18-22-39)45-26-25-43-41-11-5-6-12-46(41)53-49(43)50-45/h1-30H. The minimum absolute atomic E-state index is 0.646. The van der Waals surface area contributed by atoms with Crippen LogP contribution < -0.4 is 4.90 Å². The third kappa shape index (κ3) is 4.95. The Balaban J connectivity index is 1.01. The van der Waals surface area contributed by atoms with Crippen molar-refractivity contribution in [2.24, 2.45) is 0 Å². The molecule has 3 heterocycles. The Morgan fingerprint density at radius 3 is 1.72 bits per heavy atom. The molecule has 0 unspecified atom stereocenters. The summed E-state index contributed by atoms with van der Waals surface area (Å²) in [5.74, 6) is 0. The van der Waals surface area contributed by atoms with Crippen LogP contribution in [0.2, 0.25) is 0 Å². The van der Waals surface area contributed by atoms with E-state index in [9.17, 15) is 0 Å².